The third-order valence-electron chi connectivity index (χ3n) is 1.44. The van der Waals surface area contributed by atoms with E-state index in [1.807, 2.05) is 0 Å². The van der Waals surface area contributed by atoms with E-state index in [0.29, 0.717) is 18.6 Å². The molecule has 0 aromatic carbocycles. The second-order valence-electron chi connectivity index (χ2n) is 2.29. The number of carboxylic acids is 1. The van der Waals surface area contributed by atoms with Crippen LogP contribution in [0.4, 0.5) is 0 Å². The summed E-state index contributed by atoms with van der Waals surface area (Å²) in [6.45, 7) is 0.0136. The summed E-state index contributed by atoms with van der Waals surface area (Å²) in [5.41, 5.74) is 0.0726. The lowest BCUT2D eigenvalue weighted by molar-refractivity contribution is 0.0694. The molecule has 0 bridgehead atoms. The van der Waals surface area contributed by atoms with Gasteiger partial charge in [0.05, 0.1) is 6.20 Å². The first kappa shape index (κ1) is 8.73. The summed E-state index contributed by atoms with van der Waals surface area (Å²) in [5.74, 6) is -0.735. The summed E-state index contributed by atoms with van der Waals surface area (Å²) in [6.07, 6.45) is 2.04. The molecule has 0 aliphatic rings. The molecule has 0 saturated carbocycles. The standard InChI is InChI=1S/C7H9NO4/c9-3-1-2-6-5(7(10)11)4-8-12-6/h4,9H,1-3H2,(H,10,11). The second kappa shape index (κ2) is 3.87. The summed E-state index contributed by atoms with van der Waals surface area (Å²) in [7, 11) is 0. The van der Waals surface area contributed by atoms with Crippen LogP contribution in [-0.4, -0.2) is 27.9 Å². The van der Waals surface area contributed by atoms with Crippen molar-refractivity contribution in [3.63, 3.8) is 0 Å². The lowest BCUT2D eigenvalue weighted by Crippen LogP contribution is -1.99. The molecule has 1 aromatic heterocycles. The van der Waals surface area contributed by atoms with Crippen molar-refractivity contribution in [3.8, 4) is 0 Å². The Kier molecular flexibility index (Phi) is 2.82. The van der Waals surface area contributed by atoms with Crippen molar-refractivity contribution >= 4 is 5.97 Å². The maximum Gasteiger partial charge on any atom is 0.340 e. The van der Waals surface area contributed by atoms with Crippen LogP contribution in [-0.2, 0) is 6.42 Å². The molecule has 0 spiro atoms. The van der Waals surface area contributed by atoms with Crippen LogP contribution in [0, 0.1) is 0 Å². The molecule has 0 atom stereocenters. The summed E-state index contributed by atoms with van der Waals surface area (Å²) in [4.78, 5) is 10.5. The van der Waals surface area contributed by atoms with Gasteiger partial charge in [0.25, 0.3) is 0 Å². The zero-order valence-corrected chi connectivity index (χ0v) is 6.36. The molecule has 1 rings (SSSR count). The highest BCUT2D eigenvalue weighted by Crippen LogP contribution is 2.09. The zero-order valence-electron chi connectivity index (χ0n) is 6.36. The Morgan fingerprint density at radius 3 is 3.00 bits per heavy atom. The van der Waals surface area contributed by atoms with E-state index in [1.165, 1.54) is 0 Å². The number of rotatable bonds is 4. The maximum atomic E-state index is 10.5. The van der Waals surface area contributed by atoms with Gasteiger partial charge in [-0.2, -0.15) is 0 Å². The Labute approximate surface area is 68.6 Å². The highest BCUT2D eigenvalue weighted by Gasteiger charge is 2.13. The first-order chi connectivity index (χ1) is 5.75. The Hall–Kier alpha value is -1.36. The van der Waals surface area contributed by atoms with Crippen molar-refractivity contribution in [3.05, 3.63) is 17.5 Å². The lowest BCUT2D eigenvalue weighted by Gasteiger charge is -1.93. The topological polar surface area (TPSA) is 83.6 Å². The third kappa shape index (κ3) is 1.82. The highest BCUT2D eigenvalue weighted by molar-refractivity contribution is 5.88. The molecule has 0 unspecified atom stereocenters. The number of aromatic nitrogens is 1. The predicted molar refractivity (Wildman–Crippen MR) is 38.9 cm³/mol. The van der Waals surface area contributed by atoms with E-state index in [-0.39, 0.29) is 12.2 Å². The van der Waals surface area contributed by atoms with Crippen molar-refractivity contribution in [1.29, 1.82) is 0 Å². The van der Waals surface area contributed by atoms with Crippen molar-refractivity contribution in [2.24, 2.45) is 0 Å². The van der Waals surface area contributed by atoms with Crippen LogP contribution in [0.1, 0.15) is 22.5 Å². The number of hydrogen-bond acceptors (Lipinski definition) is 4. The van der Waals surface area contributed by atoms with Crippen LogP contribution in [0.5, 0.6) is 0 Å². The van der Waals surface area contributed by atoms with Gasteiger partial charge < -0.3 is 14.7 Å². The molecule has 66 valence electrons. The quantitative estimate of drug-likeness (QED) is 0.680. The second-order valence-corrected chi connectivity index (χ2v) is 2.29. The fraction of sp³-hybridized carbons (Fsp3) is 0.429. The number of hydrogen-bond donors (Lipinski definition) is 2. The first-order valence-corrected chi connectivity index (χ1v) is 3.53. The van der Waals surface area contributed by atoms with E-state index >= 15 is 0 Å². The fourth-order valence-corrected chi connectivity index (χ4v) is 0.858. The number of aryl methyl sites for hydroxylation is 1. The maximum absolute atomic E-state index is 10.5. The largest absolute Gasteiger partial charge is 0.478 e. The molecule has 2 N–H and O–H groups in total. The average Bonchev–Trinajstić information content (AvgIpc) is 2.48. The summed E-state index contributed by atoms with van der Waals surface area (Å²) < 4.78 is 4.69. The Bertz CT molecular complexity index is 268. The molecule has 1 heterocycles. The third-order valence-corrected chi connectivity index (χ3v) is 1.44. The molecule has 5 nitrogen and oxygen atoms in total. The zero-order chi connectivity index (χ0) is 8.97. The van der Waals surface area contributed by atoms with E-state index in [9.17, 15) is 4.79 Å². The number of aliphatic hydroxyl groups is 1. The number of carboxylic acid groups (broad SMARTS) is 1. The van der Waals surface area contributed by atoms with E-state index in [4.69, 9.17) is 10.2 Å². The minimum absolute atomic E-state index is 0.0136. The Morgan fingerprint density at radius 2 is 2.42 bits per heavy atom. The molecular formula is C7H9NO4. The molecule has 12 heavy (non-hydrogen) atoms. The van der Waals surface area contributed by atoms with E-state index < -0.39 is 5.97 Å². The molecule has 1 aromatic rings. The average molecular weight is 171 g/mol. The van der Waals surface area contributed by atoms with Crippen LogP contribution >= 0.6 is 0 Å². The smallest absolute Gasteiger partial charge is 0.340 e. The summed E-state index contributed by atoms with van der Waals surface area (Å²) >= 11 is 0. The molecule has 0 fully saturated rings. The molecule has 0 saturated heterocycles. The minimum atomic E-state index is -1.05. The van der Waals surface area contributed by atoms with Crippen molar-refractivity contribution < 1.29 is 19.5 Å². The van der Waals surface area contributed by atoms with Gasteiger partial charge in [-0.05, 0) is 6.42 Å². The number of aliphatic hydroxyl groups excluding tert-OH is 1. The Morgan fingerprint density at radius 1 is 1.67 bits per heavy atom. The summed E-state index contributed by atoms with van der Waals surface area (Å²) in [6, 6.07) is 0. The van der Waals surface area contributed by atoms with Crippen LogP contribution in [0.3, 0.4) is 0 Å². The lowest BCUT2D eigenvalue weighted by atomic mass is 10.2. The van der Waals surface area contributed by atoms with Gasteiger partial charge in [0.15, 0.2) is 5.76 Å². The fourth-order valence-electron chi connectivity index (χ4n) is 0.858. The molecule has 0 amide bonds. The van der Waals surface area contributed by atoms with E-state index in [1.54, 1.807) is 0 Å². The van der Waals surface area contributed by atoms with E-state index in [0.717, 1.165) is 6.20 Å². The van der Waals surface area contributed by atoms with Crippen molar-refractivity contribution in [2.75, 3.05) is 6.61 Å². The van der Waals surface area contributed by atoms with Gasteiger partial charge in [0.2, 0.25) is 0 Å². The predicted octanol–water partition coefficient (Wildman–Crippen LogP) is 0.298. The molecule has 0 aliphatic heterocycles. The van der Waals surface area contributed by atoms with Crippen LogP contribution in [0.2, 0.25) is 0 Å². The van der Waals surface area contributed by atoms with Crippen molar-refractivity contribution in [2.45, 2.75) is 12.8 Å². The van der Waals surface area contributed by atoms with Gasteiger partial charge in [0, 0.05) is 13.0 Å². The van der Waals surface area contributed by atoms with Gasteiger partial charge >= 0.3 is 5.97 Å². The highest BCUT2D eigenvalue weighted by atomic mass is 16.5. The SMILES string of the molecule is O=C(O)c1cnoc1CCCO. The van der Waals surface area contributed by atoms with Crippen molar-refractivity contribution in [1.82, 2.24) is 5.16 Å². The van der Waals surface area contributed by atoms with Crippen LogP contribution in [0.25, 0.3) is 0 Å². The molecule has 5 heteroatoms. The number of nitrogens with zero attached hydrogens (tertiary/aromatic N) is 1. The summed E-state index contributed by atoms with van der Waals surface area (Å²) in [5, 5.41) is 20.4. The minimum Gasteiger partial charge on any atom is -0.478 e. The molecule has 0 radical (unpaired) electrons. The van der Waals surface area contributed by atoms with Gasteiger partial charge in [0.1, 0.15) is 5.56 Å². The van der Waals surface area contributed by atoms with Crippen LogP contribution < -0.4 is 0 Å². The normalized spacial score (nSPS) is 10.1. The number of carbonyl (C=O) groups is 1. The first-order valence-electron chi connectivity index (χ1n) is 3.53. The van der Waals surface area contributed by atoms with Gasteiger partial charge in [-0.25, -0.2) is 4.79 Å². The Balaban J connectivity index is 2.70. The molecule has 0 aliphatic carbocycles. The van der Waals surface area contributed by atoms with Crippen LogP contribution in [0.15, 0.2) is 10.7 Å². The van der Waals surface area contributed by atoms with E-state index in [2.05, 4.69) is 9.68 Å². The van der Waals surface area contributed by atoms with Gasteiger partial charge in [-0.15, -0.1) is 0 Å². The molecular weight excluding hydrogens is 162 g/mol. The van der Waals surface area contributed by atoms with Gasteiger partial charge in [-0.1, -0.05) is 5.16 Å². The monoisotopic (exact) mass is 171 g/mol. The number of aromatic carboxylic acids is 1. The van der Waals surface area contributed by atoms with Gasteiger partial charge in [-0.3, -0.25) is 0 Å².